The van der Waals surface area contributed by atoms with E-state index in [1.54, 1.807) is 5.57 Å². The molecule has 0 bridgehead atoms. The molecule has 0 amide bonds. The summed E-state index contributed by atoms with van der Waals surface area (Å²) in [6.45, 7) is 0.624. The summed E-state index contributed by atoms with van der Waals surface area (Å²) >= 11 is 2.00. The fourth-order valence-electron chi connectivity index (χ4n) is 9.65. The highest BCUT2D eigenvalue weighted by Crippen LogP contribution is 2.52. The van der Waals surface area contributed by atoms with Gasteiger partial charge in [0.15, 0.2) is 0 Å². The van der Waals surface area contributed by atoms with Gasteiger partial charge in [0.2, 0.25) is 0 Å². The maximum absolute atomic E-state index is 6.83. The molecule has 10 rings (SSSR count). The van der Waals surface area contributed by atoms with Gasteiger partial charge in [-0.25, -0.2) is 5.01 Å². The zero-order valence-electron chi connectivity index (χ0n) is 31.8. The molecule has 5 heteroatoms. The van der Waals surface area contributed by atoms with Crippen LogP contribution in [0.15, 0.2) is 168 Å². The van der Waals surface area contributed by atoms with Crippen molar-refractivity contribution in [3.8, 4) is 11.1 Å². The smallest absolute Gasteiger partial charge is 0.136 e. The number of nitrogens with zero attached hydrogens (tertiary/aromatic N) is 3. The van der Waals surface area contributed by atoms with Gasteiger partial charge in [0.25, 0.3) is 0 Å². The Kier molecular flexibility index (Phi) is 9.60. The van der Waals surface area contributed by atoms with Crippen molar-refractivity contribution in [2.24, 2.45) is 16.8 Å². The second kappa shape index (κ2) is 15.3. The second-order valence-corrected chi connectivity index (χ2v) is 16.9. The lowest BCUT2D eigenvalue weighted by molar-refractivity contribution is 0.220. The highest BCUT2D eigenvalue weighted by molar-refractivity contribution is 7.20. The van der Waals surface area contributed by atoms with E-state index in [9.17, 15) is 0 Å². The zero-order valence-corrected chi connectivity index (χ0v) is 32.6. The number of hydrogen-bond acceptors (Lipinski definition) is 5. The fraction of sp³-hybridized carbons (Fsp3) is 0.235. The largest absolute Gasteiger partial charge is 0.333 e. The van der Waals surface area contributed by atoms with Gasteiger partial charge in [-0.2, -0.15) is 0 Å². The van der Waals surface area contributed by atoms with Gasteiger partial charge in [-0.1, -0.05) is 140 Å². The third-order valence-electron chi connectivity index (χ3n) is 12.4. The molecule has 2 N–H and O–H groups in total. The maximum atomic E-state index is 6.83. The van der Waals surface area contributed by atoms with Crippen molar-refractivity contribution < 1.29 is 0 Å². The number of hydrazine groups is 1. The molecule has 5 aliphatic rings. The minimum Gasteiger partial charge on any atom is -0.333 e. The lowest BCUT2D eigenvalue weighted by Crippen LogP contribution is -2.41. The molecule has 1 aromatic heterocycles. The van der Waals surface area contributed by atoms with E-state index in [-0.39, 0.29) is 6.17 Å². The van der Waals surface area contributed by atoms with E-state index in [1.165, 1.54) is 59.7 Å². The monoisotopic (exact) mass is 748 g/mol. The minimum atomic E-state index is -0.207. The molecule has 4 unspecified atom stereocenters. The Morgan fingerprint density at radius 1 is 0.804 bits per heavy atom. The quantitative estimate of drug-likeness (QED) is 0.0706. The predicted octanol–water partition coefficient (Wildman–Crippen LogP) is 12.1. The molecule has 4 aromatic carbocycles. The Balaban J connectivity index is 0.913. The molecule has 4 atom stereocenters. The lowest BCUT2D eigenvalue weighted by atomic mass is 9.76. The summed E-state index contributed by atoms with van der Waals surface area (Å²) < 4.78 is 1.42. The van der Waals surface area contributed by atoms with Crippen LogP contribution in [0.1, 0.15) is 71.6 Å². The zero-order chi connectivity index (χ0) is 37.4. The first-order valence-electron chi connectivity index (χ1n) is 20.4. The highest BCUT2D eigenvalue weighted by Gasteiger charge is 2.43. The summed E-state index contributed by atoms with van der Waals surface area (Å²) in [4.78, 5) is 9.20. The molecule has 56 heavy (non-hydrogen) atoms. The number of thiophene rings is 1. The van der Waals surface area contributed by atoms with Crippen LogP contribution in [0.4, 0.5) is 5.69 Å². The topological polar surface area (TPSA) is 44.9 Å². The number of nitrogens with two attached hydrogens (primary N) is 1. The molecular weight excluding hydrogens is 701 g/mol. The van der Waals surface area contributed by atoms with E-state index < -0.39 is 0 Å². The van der Waals surface area contributed by atoms with Crippen molar-refractivity contribution in [1.29, 1.82) is 0 Å². The van der Waals surface area contributed by atoms with Crippen molar-refractivity contribution in [2.75, 3.05) is 4.90 Å². The van der Waals surface area contributed by atoms with Crippen LogP contribution in [0, 0.1) is 5.92 Å². The number of rotatable bonds is 9. The summed E-state index contributed by atoms with van der Waals surface area (Å²) in [5.41, 5.74) is 13.4. The number of anilines is 1. The third-order valence-corrected chi connectivity index (χ3v) is 13.7. The van der Waals surface area contributed by atoms with Crippen LogP contribution in [-0.4, -0.2) is 23.4 Å². The number of allylic oxidation sites excluding steroid dienone is 7. The van der Waals surface area contributed by atoms with Gasteiger partial charge < -0.3 is 4.90 Å². The number of para-hydroxylation sites is 1. The first-order valence-corrected chi connectivity index (χ1v) is 21.2. The van der Waals surface area contributed by atoms with E-state index in [0.717, 1.165) is 50.5 Å². The first kappa shape index (κ1) is 35.1. The van der Waals surface area contributed by atoms with E-state index in [0.29, 0.717) is 24.4 Å². The van der Waals surface area contributed by atoms with Gasteiger partial charge in [0.05, 0.1) is 6.04 Å². The standard InChI is InChI=1S/C51H48N4S/c52-54(51(38-16-5-2-6-17-38)53-33-35-14-3-1-4-15-35)34-36-26-28-37(29-27-36)39-30-31-48-45(32-39)41-19-8-11-24-47(41)55(48)46-23-10-7-18-40(46)43-21-13-22-44-42-20-9-12-25-49(42)56-50(43)44/h1-5,7,9-11,13-16,18,20-24,26-31,33,39,45,48,51H,6,8,12,17,19,25,32,34,52H2. The molecule has 0 fully saturated rings. The molecule has 0 saturated carbocycles. The summed E-state index contributed by atoms with van der Waals surface area (Å²) in [7, 11) is 0. The molecule has 4 nitrogen and oxygen atoms in total. The van der Waals surface area contributed by atoms with Crippen LogP contribution in [-0.2, 0) is 13.0 Å². The van der Waals surface area contributed by atoms with Crippen molar-refractivity contribution in [3.63, 3.8) is 0 Å². The lowest BCUT2D eigenvalue weighted by Gasteiger charge is -2.35. The average Bonchev–Trinajstić information content (AvgIpc) is 3.80. The molecule has 5 aromatic rings. The Morgan fingerprint density at radius 2 is 1.61 bits per heavy atom. The van der Waals surface area contributed by atoms with Gasteiger partial charge in [-0.3, -0.25) is 10.8 Å². The minimum absolute atomic E-state index is 0.207. The number of aryl methyl sites for hydroxylation is 1. The Hall–Kier alpha value is -5.33. The highest BCUT2D eigenvalue weighted by atomic mass is 32.1. The summed E-state index contributed by atoms with van der Waals surface area (Å²) in [5, 5.41) is 3.29. The van der Waals surface area contributed by atoms with Crippen LogP contribution >= 0.6 is 11.3 Å². The number of hydrogen-bond donors (Lipinski definition) is 1. The van der Waals surface area contributed by atoms with Gasteiger partial charge >= 0.3 is 0 Å². The molecule has 278 valence electrons. The number of fused-ring (bicyclic) bond motifs is 5. The average molecular weight is 749 g/mol. The Labute approximate surface area is 335 Å². The molecule has 4 aliphatic carbocycles. The van der Waals surface area contributed by atoms with Gasteiger partial charge in [0, 0.05) is 62.1 Å². The van der Waals surface area contributed by atoms with Crippen molar-refractivity contribution >= 4 is 39.4 Å². The van der Waals surface area contributed by atoms with Crippen LogP contribution in [0.2, 0.25) is 0 Å². The van der Waals surface area contributed by atoms with Crippen LogP contribution < -0.4 is 10.7 Å². The van der Waals surface area contributed by atoms with Crippen molar-refractivity contribution in [2.45, 2.75) is 69.6 Å². The molecule has 0 spiro atoms. The van der Waals surface area contributed by atoms with Crippen molar-refractivity contribution in [3.05, 3.63) is 190 Å². The molecule has 2 heterocycles. The molecule has 0 radical (unpaired) electrons. The van der Waals surface area contributed by atoms with E-state index in [4.69, 9.17) is 10.8 Å². The SMILES string of the molecule is NN(Cc1ccc(C2C=CC3C(C2)C2=C(C=CCC2)N3c2ccccc2-c2cccc3c4c(sc23)CCC=C4)cc1)C(N=Cc1ccccc1)C1=CC=CCC1. The molecular formula is C51H48N4S. The summed E-state index contributed by atoms with van der Waals surface area (Å²) in [5.74, 6) is 7.68. The van der Waals surface area contributed by atoms with Crippen LogP contribution in [0.5, 0.6) is 0 Å². The van der Waals surface area contributed by atoms with Gasteiger partial charge in [-0.15, -0.1) is 11.3 Å². The maximum Gasteiger partial charge on any atom is 0.136 e. The Morgan fingerprint density at radius 3 is 2.48 bits per heavy atom. The summed E-state index contributed by atoms with van der Waals surface area (Å²) in [6, 6.07) is 35.9. The predicted molar refractivity (Wildman–Crippen MR) is 237 cm³/mol. The normalized spacial score (nSPS) is 21.9. The van der Waals surface area contributed by atoms with E-state index in [1.807, 2.05) is 40.8 Å². The number of benzene rings is 4. The Bertz CT molecular complexity index is 2480. The summed E-state index contributed by atoms with van der Waals surface area (Å²) in [6.07, 6.45) is 30.4. The second-order valence-electron chi connectivity index (χ2n) is 15.8. The fourth-order valence-corrected chi connectivity index (χ4v) is 11.0. The number of aliphatic imine (C=N–C) groups is 1. The molecule has 0 saturated heterocycles. The van der Waals surface area contributed by atoms with Crippen LogP contribution in [0.3, 0.4) is 0 Å². The van der Waals surface area contributed by atoms with E-state index in [2.05, 4.69) is 138 Å². The van der Waals surface area contributed by atoms with Crippen molar-refractivity contribution in [1.82, 2.24) is 5.01 Å². The first-order chi connectivity index (χ1) is 27.7. The molecule has 1 aliphatic heterocycles. The van der Waals surface area contributed by atoms with Gasteiger partial charge in [-0.05, 0) is 90.5 Å². The van der Waals surface area contributed by atoms with Crippen LogP contribution in [0.25, 0.3) is 27.3 Å². The van der Waals surface area contributed by atoms with E-state index >= 15 is 0 Å². The third kappa shape index (κ3) is 6.58. The van der Waals surface area contributed by atoms with Gasteiger partial charge in [0.1, 0.15) is 6.17 Å².